The summed E-state index contributed by atoms with van der Waals surface area (Å²) in [5.74, 6) is 2.01. The molecule has 0 amide bonds. The molecular weight excluding hydrogens is 342 g/mol. The van der Waals surface area contributed by atoms with Gasteiger partial charge in [-0.2, -0.15) is 5.26 Å². The molecule has 0 atom stereocenters. The van der Waals surface area contributed by atoms with Crippen molar-refractivity contribution < 1.29 is 14.2 Å². The number of ether oxygens (including phenoxy) is 3. The van der Waals surface area contributed by atoms with Gasteiger partial charge in [-0.3, -0.25) is 0 Å². The number of anilines is 1. The second kappa shape index (κ2) is 7.67. The van der Waals surface area contributed by atoms with Gasteiger partial charge in [-0.15, -0.1) is 0 Å². The summed E-state index contributed by atoms with van der Waals surface area (Å²) in [6.07, 6.45) is 0. The molecule has 27 heavy (non-hydrogen) atoms. The van der Waals surface area contributed by atoms with E-state index in [1.165, 1.54) is 0 Å². The highest BCUT2D eigenvalue weighted by molar-refractivity contribution is 5.83. The summed E-state index contributed by atoms with van der Waals surface area (Å²) in [5.41, 5.74) is 9.24. The van der Waals surface area contributed by atoms with Gasteiger partial charge in [-0.05, 0) is 30.3 Å². The number of hydrogen-bond acceptors (Lipinski definition) is 6. The lowest BCUT2D eigenvalue weighted by Crippen LogP contribution is -2.01. The van der Waals surface area contributed by atoms with E-state index in [9.17, 15) is 5.26 Å². The number of benzene rings is 2. The number of nitriles is 1. The van der Waals surface area contributed by atoms with E-state index in [0.717, 1.165) is 11.1 Å². The Morgan fingerprint density at radius 2 is 1.56 bits per heavy atom. The summed E-state index contributed by atoms with van der Waals surface area (Å²) in [6.45, 7) is 0. The van der Waals surface area contributed by atoms with Crippen LogP contribution in [0.3, 0.4) is 0 Å². The molecule has 1 aromatic heterocycles. The predicted octanol–water partition coefficient (Wildman–Crippen LogP) is 3.90. The molecule has 0 fully saturated rings. The number of nitrogen functional groups attached to an aromatic ring is 1. The monoisotopic (exact) mass is 361 g/mol. The van der Waals surface area contributed by atoms with Gasteiger partial charge in [0.05, 0.1) is 27.0 Å². The number of nitrogens with two attached hydrogens (primary N) is 1. The third-order valence-corrected chi connectivity index (χ3v) is 4.24. The van der Waals surface area contributed by atoms with Crippen molar-refractivity contribution >= 4 is 5.82 Å². The summed E-state index contributed by atoms with van der Waals surface area (Å²) >= 11 is 0. The van der Waals surface area contributed by atoms with E-state index < -0.39 is 0 Å². The lowest BCUT2D eigenvalue weighted by molar-refractivity contribution is 0.355. The zero-order chi connectivity index (χ0) is 19.4. The average Bonchev–Trinajstić information content (AvgIpc) is 2.72. The molecule has 2 N–H and O–H groups in total. The smallest absolute Gasteiger partial charge is 0.161 e. The molecule has 0 aliphatic carbocycles. The topological polar surface area (TPSA) is 90.4 Å². The maximum absolute atomic E-state index is 9.59. The van der Waals surface area contributed by atoms with E-state index in [1.807, 2.05) is 42.5 Å². The maximum Gasteiger partial charge on any atom is 0.161 e. The highest BCUT2D eigenvalue weighted by atomic mass is 16.5. The third kappa shape index (κ3) is 3.35. The Hall–Kier alpha value is -3.72. The van der Waals surface area contributed by atoms with Gasteiger partial charge in [0, 0.05) is 16.7 Å². The normalized spacial score (nSPS) is 10.1. The minimum atomic E-state index is 0.158. The van der Waals surface area contributed by atoms with Crippen molar-refractivity contribution in [2.75, 3.05) is 27.1 Å². The largest absolute Gasteiger partial charge is 0.496 e. The van der Waals surface area contributed by atoms with Crippen LogP contribution in [0.25, 0.3) is 22.4 Å². The van der Waals surface area contributed by atoms with Crippen molar-refractivity contribution in [2.24, 2.45) is 0 Å². The molecule has 6 heteroatoms. The maximum atomic E-state index is 9.59. The van der Waals surface area contributed by atoms with Crippen LogP contribution in [0.4, 0.5) is 5.82 Å². The summed E-state index contributed by atoms with van der Waals surface area (Å²) in [4.78, 5) is 4.40. The number of hydrogen-bond donors (Lipinski definition) is 1. The molecule has 0 unspecified atom stereocenters. The number of aromatic nitrogens is 1. The second-order valence-corrected chi connectivity index (χ2v) is 5.70. The zero-order valence-electron chi connectivity index (χ0n) is 15.3. The molecule has 136 valence electrons. The number of nitrogens with zero attached hydrogens (tertiary/aromatic N) is 2. The average molecular weight is 361 g/mol. The van der Waals surface area contributed by atoms with E-state index in [0.29, 0.717) is 34.1 Å². The molecular formula is C21H19N3O3. The van der Waals surface area contributed by atoms with Crippen LogP contribution in [-0.2, 0) is 0 Å². The van der Waals surface area contributed by atoms with Gasteiger partial charge < -0.3 is 19.9 Å². The van der Waals surface area contributed by atoms with Crippen molar-refractivity contribution in [1.29, 1.82) is 5.26 Å². The Labute approximate surface area is 157 Å². The fourth-order valence-corrected chi connectivity index (χ4v) is 2.91. The van der Waals surface area contributed by atoms with Crippen molar-refractivity contribution in [3.63, 3.8) is 0 Å². The van der Waals surface area contributed by atoms with Crippen molar-refractivity contribution in [2.45, 2.75) is 0 Å². The van der Waals surface area contributed by atoms with E-state index in [2.05, 4.69) is 11.1 Å². The molecule has 0 saturated heterocycles. The molecule has 3 aromatic rings. The van der Waals surface area contributed by atoms with Gasteiger partial charge in [0.25, 0.3) is 0 Å². The van der Waals surface area contributed by atoms with Crippen LogP contribution in [0, 0.1) is 11.3 Å². The first kappa shape index (κ1) is 18.1. The molecule has 0 spiro atoms. The number of methoxy groups -OCH3 is 3. The zero-order valence-corrected chi connectivity index (χ0v) is 15.3. The van der Waals surface area contributed by atoms with Crippen LogP contribution in [0.5, 0.6) is 17.2 Å². The van der Waals surface area contributed by atoms with Gasteiger partial charge in [0.15, 0.2) is 11.5 Å². The van der Waals surface area contributed by atoms with Crippen molar-refractivity contribution in [3.8, 4) is 45.7 Å². The molecule has 0 radical (unpaired) electrons. The minimum absolute atomic E-state index is 0.158. The summed E-state index contributed by atoms with van der Waals surface area (Å²) in [7, 11) is 4.74. The molecule has 3 rings (SSSR count). The first-order valence-corrected chi connectivity index (χ1v) is 8.19. The Morgan fingerprint density at radius 3 is 2.22 bits per heavy atom. The Morgan fingerprint density at radius 1 is 0.852 bits per heavy atom. The highest BCUT2D eigenvalue weighted by Crippen LogP contribution is 2.38. The SMILES string of the molecule is COc1ccc(-c2cc(-c3ccccc3OC)c(C#N)c(N)n2)cc1OC. The van der Waals surface area contributed by atoms with Crippen LogP contribution < -0.4 is 19.9 Å². The van der Waals surface area contributed by atoms with Crippen molar-refractivity contribution in [3.05, 3.63) is 54.1 Å². The Balaban J connectivity index is 2.23. The van der Waals surface area contributed by atoms with Gasteiger partial charge in [0.1, 0.15) is 23.2 Å². The quantitative estimate of drug-likeness (QED) is 0.741. The lowest BCUT2D eigenvalue weighted by Gasteiger charge is -2.14. The number of pyridine rings is 1. The molecule has 2 aromatic carbocycles. The van der Waals surface area contributed by atoms with Crippen LogP contribution in [0.2, 0.25) is 0 Å². The second-order valence-electron chi connectivity index (χ2n) is 5.70. The molecule has 6 nitrogen and oxygen atoms in total. The van der Waals surface area contributed by atoms with Gasteiger partial charge in [-0.25, -0.2) is 4.98 Å². The first-order chi connectivity index (χ1) is 13.1. The molecule has 0 bridgehead atoms. The number of para-hydroxylation sites is 1. The van der Waals surface area contributed by atoms with Crippen LogP contribution >= 0.6 is 0 Å². The fraction of sp³-hybridized carbons (Fsp3) is 0.143. The Bertz CT molecular complexity index is 1030. The van der Waals surface area contributed by atoms with Crippen LogP contribution in [0.1, 0.15) is 5.56 Å². The molecule has 0 saturated carbocycles. The summed E-state index contributed by atoms with van der Waals surface area (Å²) < 4.78 is 16.1. The van der Waals surface area contributed by atoms with Gasteiger partial charge >= 0.3 is 0 Å². The van der Waals surface area contributed by atoms with E-state index in [4.69, 9.17) is 19.9 Å². The third-order valence-electron chi connectivity index (χ3n) is 4.24. The van der Waals surface area contributed by atoms with Crippen LogP contribution in [-0.4, -0.2) is 26.3 Å². The Kier molecular flexibility index (Phi) is 5.13. The lowest BCUT2D eigenvalue weighted by atomic mass is 9.97. The van der Waals surface area contributed by atoms with Crippen molar-refractivity contribution in [1.82, 2.24) is 4.98 Å². The fourth-order valence-electron chi connectivity index (χ4n) is 2.91. The molecule has 1 heterocycles. The van der Waals surface area contributed by atoms with E-state index in [-0.39, 0.29) is 5.82 Å². The predicted molar refractivity (Wildman–Crippen MR) is 104 cm³/mol. The molecule has 0 aliphatic heterocycles. The minimum Gasteiger partial charge on any atom is -0.496 e. The van der Waals surface area contributed by atoms with E-state index in [1.54, 1.807) is 27.4 Å². The van der Waals surface area contributed by atoms with Crippen LogP contribution in [0.15, 0.2) is 48.5 Å². The summed E-state index contributed by atoms with van der Waals surface area (Å²) in [6, 6.07) is 16.9. The first-order valence-electron chi connectivity index (χ1n) is 8.19. The van der Waals surface area contributed by atoms with Gasteiger partial charge in [0.2, 0.25) is 0 Å². The molecule has 0 aliphatic rings. The van der Waals surface area contributed by atoms with Gasteiger partial charge in [-0.1, -0.05) is 18.2 Å². The summed E-state index contributed by atoms with van der Waals surface area (Å²) in [5, 5.41) is 9.59. The van der Waals surface area contributed by atoms with E-state index >= 15 is 0 Å². The standard InChI is InChI=1S/C21H19N3O3/c1-25-18-7-5-4-6-14(18)15-11-17(24-21(23)16(15)12-22)13-8-9-19(26-2)20(10-13)27-3/h4-11H,1-3H3,(H2,23,24). The highest BCUT2D eigenvalue weighted by Gasteiger charge is 2.17. The number of rotatable bonds is 5.